The molecule has 6 heteroatoms. The van der Waals surface area contributed by atoms with Crippen molar-refractivity contribution in [2.45, 2.75) is 32.2 Å². The van der Waals surface area contributed by atoms with Gasteiger partial charge in [-0.3, -0.25) is 0 Å². The van der Waals surface area contributed by atoms with Crippen molar-refractivity contribution >= 4 is 27.6 Å². The molecule has 1 aromatic carbocycles. The van der Waals surface area contributed by atoms with E-state index in [1.807, 2.05) is 18.2 Å². The first-order chi connectivity index (χ1) is 12.2. The number of aromatic nitrogens is 3. The van der Waals surface area contributed by atoms with Crippen LogP contribution < -0.4 is 4.74 Å². The standard InChI is InChI=1S/C19H17BrN4O/c1-2-10-25-17-8-7-16(20)12-14(17)11-15(13-21)19-23-22-18-6-4-3-5-9-24(18)19/h1,7-8,11-12H,3-6,9-10H2/b15-11+. The number of allylic oxidation sites excluding steroid dienone is 1. The van der Waals surface area contributed by atoms with E-state index >= 15 is 0 Å². The summed E-state index contributed by atoms with van der Waals surface area (Å²) < 4.78 is 8.53. The number of nitrogens with zero attached hydrogens (tertiary/aromatic N) is 4. The molecule has 0 spiro atoms. The van der Waals surface area contributed by atoms with Gasteiger partial charge in [0.25, 0.3) is 0 Å². The summed E-state index contributed by atoms with van der Waals surface area (Å²) in [6.45, 7) is 1.01. The molecule has 25 heavy (non-hydrogen) atoms. The Morgan fingerprint density at radius 3 is 3.04 bits per heavy atom. The number of aryl methyl sites for hydroxylation is 1. The van der Waals surface area contributed by atoms with Gasteiger partial charge in [-0.25, -0.2) is 0 Å². The molecule has 5 nitrogen and oxygen atoms in total. The third kappa shape index (κ3) is 3.92. The molecule has 0 bridgehead atoms. The van der Waals surface area contributed by atoms with Crippen molar-refractivity contribution in [1.29, 1.82) is 5.26 Å². The Labute approximate surface area is 155 Å². The van der Waals surface area contributed by atoms with Gasteiger partial charge in [0.05, 0.1) is 5.57 Å². The molecule has 0 N–H and O–H groups in total. The molecular weight excluding hydrogens is 380 g/mol. The molecule has 0 aliphatic carbocycles. The van der Waals surface area contributed by atoms with Gasteiger partial charge in [0.15, 0.2) is 5.82 Å². The molecule has 0 radical (unpaired) electrons. The molecule has 3 rings (SSSR count). The largest absolute Gasteiger partial charge is 0.480 e. The van der Waals surface area contributed by atoms with Crippen LogP contribution in [0.15, 0.2) is 22.7 Å². The minimum atomic E-state index is 0.171. The molecule has 0 saturated carbocycles. The van der Waals surface area contributed by atoms with E-state index in [0.29, 0.717) is 17.1 Å². The van der Waals surface area contributed by atoms with E-state index in [2.05, 4.69) is 42.7 Å². The highest BCUT2D eigenvalue weighted by molar-refractivity contribution is 9.10. The first kappa shape index (κ1) is 17.3. The summed E-state index contributed by atoms with van der Waals surface area (Å²) in [5, 5.41) is 18.2. The second-order valence-corrected chi connectivity index (χ2v) is 6.66. The monoisotopic (exact) mass is 396 g/mol. The van der Waals surface area contributed by atoms with E-state index in [1.165, 1.54) is 6.42 Å². The van der Waals surface area contributed by atoms with Crippen LogP contribution in [0.4, 0.5) is 0 Å². The fourth-order valence-corrected chi connectivity index (χ4v) is 3.25. The summed E-state index contributed by atoms with van der Waals surface area (Å²) in [6.07, 6.45) is 11.3. The van der Waals surface area contributed by atoms with Crippen molar-refractivity contribution in [3.63, 3.8) is 0 Å². The number of halogens is 1. The zero-order valence-corrected chi connectivity index (χ0v) is 15.3. The predicted octanol–water partition coefficient (Wildman–Crippen LogP) is 3.84. The van der Waals surface area contributed by atoms with Crippen LogP contribution in [0.2, 0.25) is 0 Å². The maximum absolute atomic E-state index is 9.68. The smallest absolute Gasteiger partial charge is 0.174 e. The van der Waals surface area contributed by atoms with E-state index in [1.54, 1.807) is 6.08 Å². The fraction of sp³-hybridized carbons (Fsp3) is 0.316. The van der Waals surface area contributed by atoms with Crippen LogP contribution in [-0.4, -0.2) is 21.4 Å². The lowest BCUT2D eigenvalue weighted by Gasteiger charge is -2.09. The Hall–Kier alpha value is -2.57. The maximum atomic E-state index is 9.68. The number of benzene rings is 1. The van der Waals surface area contributed by atoms with Crippen molar-refractivity contribution in [3.05, 3.63) is 39.9 Å². The number of hydrogen-bond acceptors (Lipinski definition) is 4. The molecule has 2 heterocycles. The number of rotatable bonds is 4. The second kappa shape index (κ2) is 8.00. The third-order valence-corrected chi connectivity index (χ3v) is 4.55. The Morgan fingerprint density at radius 2 is 2.24 bits per heavy atom. The molecule has 0 saturated heterocycles. The van der Waals surface area contributed by atoms with Gasteiger partial charge in [-0.1, -0.05) is 28.3 Å². The van der Waals surface area contributed by atoms with E-state index in [-0.39, 0.29) is 6.61 Å². The highest BCUT2D eigenvalue weighted by atomic mass is 79.9. The van der Waals surface area contributed by atoms with Crippen molar-refractivity contribution in [3.8, 4) is 24.2 Å². The quantitative estimate of drug-likeness (QED) is 0.581. The number of terminal acetylenes is 1. The minimum absolute atomic E-state index is 0.171. The average Bonchev–Trinajstić information content (AvgIpc) is 2.86. The Bertz CT molecular complexity index is 886. The van der Waals surface area contributed by atoms with E-state index < -0.39 is 0 Å². The van der Waals surface area contributed by atoms with Gasteiger partial charge in [0.2, 0.25) is 0 Å². The van der Waals surface area contributed by atoms with Crippen LogP contribution in [0.25, 0.3) is 11.6 Å². The average molecular weight is 397 g/mol. The van der Waals surface area contributed by atoms with Crippen LogP contribution in [0.3, 0.4) is 0 Å². The molecule has 0 amide bonds. The maximum Gasteiger partial charge on any atom is 0.174 e. The van der Waals surface area contributed by atoms with Gasteiger partial charge < -0.3 is 9.30 Å². The fourth-order valence-electron chi connectivity index (χ4n) is 2.87. The van der Waals surface area contributed by atoms with E-state index in [0.717, 1.165) is 41.7 Å². The molecule has 1 aliphatic rings. The molecule has 0 atom stereocenters. The molecular formula is C19H17BrN4O. The highest BCUT2D eigenvalue weighted by Crippen LogP contribution is 2.28. The van der Waals surface area contributed by atoms with Crippen LogP contribution in [-0.2, 0) is 13.0 Å². The van der Waals surface area contributed by atoms with Gasteiger partial charge in [-0.2, -0.15) is 5.26 Å². The normalized spacial score (nSPS) is 14.1. The lowest BCUT2D eigenvalue weighted by molar-refractivity contribution is 0.369. The van der Waals surface area contributed by atoms with E-state index in [9.17, 15) is 5.26 Å². The first-order valence-corrected chi connectivity index (χ1v) is 8.92. The Kier molecular flexibility index (Phi) is 5.53. The number of nitriles is 1. The van der Waals surface area contributed by atoms with Gasteiger partial charge in [0.1, 0.15) is 24.3 Å². The summed E-state index contributed by atoms with van der Waals surface area (Å²) in [7, 11) is 0. The Balaban J connectivity index is 2.02. The summed E-state index contributed by atoms with van der Waals surface area (Å²) in [5.74, 6) is 4.65. The molecule has 1 aromatic heterocycles. The van der Waals surface area contributed by atoms with Gasteiger partial charge in [-0.05, 0) is 37.1 Å². The van der Waals surface area contributed by atoms with Gasteiger partial charge in [0, 0.05) is 23.0 Å². The molecule has 0 unspecified atom stereocenters. The summed E-state index contributed by atoms with van der Waals surface area (Å²) >= 11 is 3.45. The predicted molar refractivity (Wildman–Crippen MR) is 99.5 cm³/mol. The molecule has 0 fully saturated rings. The van der Waals surface area contributed by atoms with Crippen molar-refractivity contribution < 1.29 is 4.74 Å². The van der Waals surface area contributed by atoms with Crippen LogP contribution in [0, 0.1) is 23.7 Å². The van der Waals surface area contributed by atoms with Crippen molar-refractivity contribution in [2.24, 2.45) is 0 Å². The van der Waals surface area contributed by atoms with Crippen LogP contribution >= 0.6 is 15.9 Å². The topological polar surface area (TPSA) is 63.7 Å². The molecule has 126 valence electrons. The second-order valence-electron chi connectivity index (χ2n) is 5.75. The summed E-state index contributed by atoms with van der Waals surface area (Å²) in [5.41, 5.74) is 1.23. The molecule has 1 aliphatic heterocycles. The number of ether oxygens (including phenoxy) is 1. The first-order valence-electron chi connectivity index (χ1n) is 8.13. The third-order valence-electron chi connectivity index (χ3n) is 4.05. The minimum Gasteiger partial charge on any atom is -0.480 e. The lowest BCUT2D eigenvalue weighted by Crippen LogP contribution is -2.05. The van der Waals surface area contributed by atoms with Gasteiger partial charge in [-0.15, -0.1) is 16.6 Å². The van der Waals surface area contributed by atoms with Crippen molar-refractivity contribution in [1.82, 2.24) is 14.8 Å². The van der Waals surface area contributed by atoms with E-state index in [4.69, 9.17) is 11.2 Å². The Morgan fingerprint density at radius 1 is 1.36 bits per heavy atom. The van der Waals surface area contributed by atoms with Crippen LogP contribution in [0.1, 0.15) is 36.5 Å². The van der Waals surface area contributed by atoms with Crippen molar-refractivity contribution in [2.75, 3.05) is 6.61 Å². The zero-order valence-electron chi connectivity index (χ0n) is 13.7. The number of hydrogen-bond donors (Lipinski definition) is 0. The number of fused-ring (bicyclic) bond motifs is 1. The molecule has 2 aromatic rings. The van der Waals surface area contributed by atoms with Gasteiger partial charge >= 0.3 is 0 Å². The summed E-state index contributed by atoms with van der Waals surface area (Å²) in [4.78, 5) is 0. The lowest BCUT2D eigenvalue weighted by atomic mass is 10.1. The zero-order chi connectivity index (χ0) is 17.6. The SMILES string of the molecule is C#CCOc1ccc(Br)cc1/C=C(\C#N)c1nnc2n1CCCCC2. The summed E-state index contributed by atoms with van der Waals surface area (Å²) in [6, 6.07) is 7.84. The highest BCUT2D eigenvalue weighted by Gasteiger charge is 2.18. The van der Waals surface area contributed by atoms with Crippen LogP contribution in [0.5, 0.6) is 5.75 Å².